The van der Waals surface area contributed by atoms with Crippen molar-refractivity contribution in [3.8, 4) is 0 Å². The molecular formula is C26H27N5O3S. The molecule has 0 bridgehead atoms. The molecule has 2 aromatic heterocycles. The van der Waals surface area contributed by atoms with Gasteiger partial charge in [0.1, 0.15) is 0 Å². The zero-order valence-electron chi connectivity index (χ0n) is 19.9. The number of amides is 1. The lowest BCUT2D eigenvalue weighted by molar-refractivity contribution is -0.117. The maximum Gasteiger partial charge on any atom is 0.294 e. The van der Waals surface area contributed by atoms with Crippen LogP contribution in [0.25, 0.3) is 0 Å². The van der Waals surface area contributed by atoms with Gasteiger partial charge in [0.15, 0.2) is 5.76 Å². The van der Waals surface area contributed by atoms with E-state index in [0.29, 0.717) is 21.8 Å². The van der Waals surface area contributed by atoms with E-state index < -0.39 is 17.7 Å². The van der Waals surface area contributed by atoms with Crippen LogP contribution in [0.4, 0.5) is 11.4 Å². The predicted octanol–water partition coefficient (Wildman–Crippen LogP) is 3.69. The fourth-order valence-electron chi connectivity index (χ4n) is 4.72. The maximum atomic E-state index is 13.6. The van der Waals surface area contributed by atoms with Crippen LogP contribution in [0, 0.1) is 13.8 Å². The summed E-state index contributed by atoms with van der Waals surface area (Å²) in [5.41, 5.74) is 3.05. The van der Waals surface area contributed by atoms with Crippen LogP contribution in [0.15, 0.2) is 60.1 Å². The number of aliphatic hydroxyl groups excluding tert-OH is 1. The lowest BCUT2D eigenvalue weighted by Gasteiger charge is -2.34. The number of nitrogens with zero attached hydrogens (tertiary/aromatic N) is 5. The highest BCUT2D eigenvalue weighted by molar-refractivity contribution is 7.14. The summed E-state index contributed by atoms with van der Waals surface area (Å²) in [6.45, 7) is 7.46. The number of aryl methyl sites for hydroxylation is 2. The Morgan fingerprint density at radius 1 is 1.00 bits per heavy atom. The molecule has 8 nitrogen and oxygen atoms in total. The molecule has 1 amide bonds. The summed E-state index contributed by atoms with van der Waals surface area (Å²) < 4.78 is 0. The van der Waals surface area contributed by atoms with Gasteiger partial charge in [0.05, 0.1) is 27.2 Å². The minimum atomic E-state index is -0.769. The van der Waals surface area contributed by atoms with Crippen molar-refractivity contribution in [3.63, 3.8) is 0 Å². The number of likely N-dealkylation sites (N-methyl/N-ethyl adjacent to an activating group) is 1. The van der Waals surface area contributed by atoms with Crippen LogP contribution in [0.2, 0.25) is 0 Å². The highest BCUT2D eigenvalue weighted by Crippen LogP contribution is 2.43. The van der Waals surface area contributed by atoms with Crippen molar-refractivity contribution in [2.24, 2.45) is 0 Å². The fraction of sp³-hybridized carbons (Fsp3) is 0.308. The summed E-state index contributed by atoms with van der Waals surface area (Å²) in [6, 6.07) is 10.5. The lowest BCUT2D eigenvalue weighted by Crippen LogP contribution is -2.44. The Bertz CT molecular complexity index is 1290. The van der Waals surface area contributed by atoms with Crippen LogP contribution >= 0.6 is 11.3 Å². The Hall–Kier alpha value is -3.56. The number of carbonyl (C=O) groups excluding carboxylic acids is 2. The number of piperazine rings is 1. The molecule has 1 saturated heterocycles. The summed E-state index contributed by atoms with van der Waals surface area (Å²) in [4.78, 5) is 42.0. The third-order valence-electron chi connectivity index (χ3n) is 6.58. The molecule has 180 valence electrons. The third kappa shape index (κ3) is 4.21. The molecule has 2 aliphatic rings. The quantitative estimate of drug-likeness (QED) is 0.547. The second kappa shape index (κ2) is 9.24. The normalized spacial score (nSPS) is 19.1. The van der Waals surface area contributed by atoms with E-state index in [4.69, 9.17) is 0 Å². The smallest absolute Gasteiger partial charge is 0.294 e. The van der Waals surface area contributed by atoms with Crippen LogP contribution in [0.1, 0.15) is 32.0 Å². The minimum absolute atomic E-state index is 0.0658. The van der Waals surface area contributed by atoms with E-state index in [9.17, 15) is 14.7 Å². The Morgan fingerprint density at radius 2 is 1.63 bits per heavy atom. The zero-order chi connectivity index (χ0) is 24.7. The maximum absolute atomic E-state index is 13.6. The van der Waals surface area contributed by atoms with Gasteiger partial charge in [-0.1, -0.05) is 0 Å². The molecule has 4 heterocycles. The van der Waals surface area contributed by atoms with E-state index in [0.717, 1.165) is 36.9 Å². The van der Waals surface area contributed by atoms with E-state index in [1.807, 2.05) is 31.2 Å². The molecule has 0 spiro atoms. The number of benzene rings is 1. The number of anilines is 2. The van der Waals surface area contributed by atoms with Crippen LogP contribution in [-0.4, -0.2) is 64.9 Å². The van der Waals surface area contributed by atoms with Gasteiger partial charge >= 0.3 is 0 Å². The van der Waals surface area contributed by atoms with Crippen molar-refractivity contribution in [2.45, 2.75) is 19.9 Å². The van der Waals surface area contributed by atoms with Crippen molar-refractivity contribution in [1.29, 1.82) is 0 Å². The fourth-order valence-corrected chi connectivity index (χ4v) is 5.59. The average Bonchev–Trinajstić information content (AvgIpc) is 3.35. The number of Topliss-reactive ketones (excluding diaryl/α,β-unsaturated/α-hetero) is 1. The van der Waals surface area contributed by atoms with Crippen LogP contribution in [0.3, 0.4) is 0 Å². The van der Waals surface area contributed by atoms with Crippen LogP contribution in [0.5, 0.6) is 0 Å². The first-order valence-electron chi connectivity index (χ1n) is 11.5. The average molecular weight is 490 g/mol. The van der Waals surface area contributed by atoms with Crippen molar-refractivity contribution in [2.75, 3.05) is 43.0 Å². The van der Waals surface area contributed by atoms with Gasteiger partial charge in [0.25, 0.3) is 5.91 Å². The van der Waals surface area contributed by atoms with Crippen molar-refractivity contribution >= 4 is 34.4 Å². The zero-order valence-corrected chi connectivity index (χ0v) is 20.7. The van der Waals surface area contributed by atoms with E-state index in [-0.39, 0.29) is 11.4 Å². The van der Waals surface area contributed by atoms with E-state index in [2.05, 4.69) is 26.8 Å². The van der Waals surface area contributed by atoms with Gasteiger partial charge in [-0.3, -0.25) is 19.5 Å². The molecule has 0 aliphatic carbocycles. The summed E-state index contributed by atoms with van der Waals surface area (Å²) in [5.74, 6) is -1.50. The Labute approximate surface area is 208 Å². The molecule has 35 heavy (non-hydrogen) atoms. The van der Waals surface area contributed by atoms with E-state index in [1.54, 1.807) is 31.5 Å². The highest BCUT2D eigenvalue weighted by atomic mass is 32.1. The number of aromatic nitrogens is 2. The topological polar surface area (TPSA) is 89.9 Å². The highest BCUT2D eigenvalue weighted by Gasteiger charge is 2.45. The molecular weight excluding hydrogens is 462 g/mol. The minimum Gasteiger partial charge on any atom is -0.503 e. The number of carbonyl (C=O) groups is 2. The number of aliphatic hydroxyl groups is 1. The molecule has 1 unspecified atom stereocenters. The Kier molecular flexibility index (Phi) is 6.12. The molecule has 1 fully saturated rings. The molecule has 9 heteroatoms. The summed E-state index contributed by atoms with van der Waals surface area (Å²) in [6.07, 6.45) is 3.24. The second-order valence-electron chi connectivity index (χ2n) is 8.90. The van der Waals surface area contributed by atoms with Gasteiger partial charge in [-0.2, -0.15) is 0 Å². The standard InChI is InChI=1S/C26H27N5O3S/c1-16-25(35-17(2)28-16)23(32)21-22(18-8-10-27-11-9-18)31(26(34)24(21)33)20-6-4-19(5-7-20)30-14-12-29(3)13-15-30/h4-11,22,33H,12-15H2,1-3H3. The number of pyridine rings is 1. The lowest BCUT2D eigenvalue weighted by atomic mass is 9.95. The summed E-state index contributed by atoms with van der Waals surface area (Å²) >= 11 is 1.27. The molecule has 3 aromatic rings. The van der Waals surface area contributed by atoms with Crippen LogP contribution in [-0.2, 0) is 4.79 Å². The number of rotatable bonds is 5. The molecule has 1 aromatic carbocycles. The molecule has 5 rings (SSSR count). The van der Waals surface area contributed by atoms with Gasteiger partial charge in [-0.05, 0) is 62.9 Å². The first-order chi connectivity index (χ1) is 16.8. The van der Waals surface area contributed by atoms with Crippen molar-refractivity contribution < 1.29 is 14.7 Å². The van der Waals surface area contributed by atoms with Gasteiger partial charge in [0.2, 0.25) is 5.78 Å². The van der Waals surface area contributed by atoms with E-state index >= 15 is 0 Å². The molecule has 1 N–H and O–H groups in total. The molecule has 0 radical (unpaired) electrons. The van der Waals surface area contributed by atoms with Crippen molar-refractivity contribution in [3.05, 3.63) is 81.3 Å². The second-order valence-corrected chi connectivity index (χ2v) is 10.1. The monoisotopic (exact) mass is 489 g/mol. The first-order valence-corrected chi connectivity index (χ1v) is 12.4. The number of hydrogen-bond donors (Lipinski definition) is 1. The van der Waals surface area contributed by atoms with Crippen molar-refractivity contribution in [1.82, 2.24) is 14.9 Å². The largest absolute Gasteiger partial charge is 0.503 e. The summed E-state index contributed by atoms with van der Waals surface area (Å²) in [7, 11) is 2.12. The molecule has 1 atom stereocenters. The van der Waals surface area contributed by atoms with E-state index in [1.165, 1.54) is 16.2 Å². The van der Waals surface area contributed by atoms with Gasteiger partial charge in [-0.15, -0.1) is 11.3 Å². The third-order valence-corrected chi connectivity index (χ3v) is 7.65. The van der Waals surface area contributed by atoms with Crippen LogP contribution < -0.4 is 9.80 Å². The molecule has 2 aliphatic heterocycles. The van der Waals surface area contributed by atoms with Gasteiger partial charge in [0, 0.05) is 49.9 Å². The predicted molar refractivity (Wildman–Crippen MR) is 136 cm³/mol. The molecule has 0 saturated carbocycles. The Morgan fingerprint density at radius 3 is 2.23 bits per heavy atom. The van der Waals surface area contributed by atoms with Gasteiger partial charge in [-0.25, -0.2) is 4.98 Å². The summed E-state index contributed by atoms with van der Waals surface area (Å²) in [5, 5.41) is 11.7. The van der Waals surface area contributed by atoms with Gasteiger partial charge < -0.3 is 14.9 Å². The Balaban J connectivity index is 1.53. The first kappa shape index (κ1) is 23.2. The SMILES string of the molecule is Cc1nc(C)c(C(=O)C2=C(O)C(=O)N(c3ccc(N4CCN(C)CC4)cc3)C2c2ccncc2)s1. The number of thiazole rings is 1. The number of hydrogen-bond acceptors (Lipinski definition) is 8. The number of ketones is 1.